The Morgan fingerprint density at radius 1 is 0.346 bits per heavy atom. The Kier molecular flexibility index (Phi) is 6.18. The maximum atomic E-state index is 5.40. The predicted molar refractivity (Wildman–Crippen MR) is 214 cm³/mol. The number of para-hydroxylation sites is 3. The van der Waals surface area contributed by atoms with Gasteiger partial charge >= 0.3 is 0 Å². The van der Waals surface area contributed by atoms with Crippen LogP contribution >= 0.6 is 0 Å². The van der Waals surface area contributed by atoms with Gasteiger partial charge in [0.2, 0.25) is 5.95 Å². The van der Waals surface area contributed by atoms with Gasteiger partial charge in [-0.3, -0.25) is 8.97 Å². The van der Waals surface area contributed by atoms with Gasteiger partial charge in [-0.2, -0.15) is 0 Å². The average molecular weight is 664 g/mol. The van der Waals surface area contributed by atoms with Gasteiger partial charge in [0, 0.05) is 27.1 Å². The van der Waals surface area contributed by atoms with Crippen LogP contribution < -0.4 is 0 Å². The molecule has 0 fully saturated rings. The predicted octanol–water partition coefficient (Wildman–Crippen LogP) is 11.7. The molecule has 5 heteroatoms. The lowest BCUT2D eigenvalue weighted by Crippen LogP contribution is -2.05. The van der Waals surface area contributed by atoms with Crippen molar-refractivity contribution in [1.82, 2.24) is 23.9 Å². The second-order valence-electron chi connectivity index (χ2n) is 13.3. The van der Waals surface area contributed by atoms with Gasteiger partial charge in [-0.25, -0.2) is 15.0 Å². The lowest BCUT2D eigenvalue weighted by Gasteiger charge is -2.13. The first kappa shape index (κ1) is 28.7. The van der Waals surface area contributed by atoms with Crippen LogP contribution in [0.2, 0.25) is 0 Å². The van der Waals surface area contributed by atoms with E-state index in [4.69, 9.17) is 15.0 Å². The molecule has 242 valence electrons. The van der Waals surface area contributed by atoms with E-state index in [-0.39, 0.29) is 0 Å². The summed E-state index contributed by atoms with van der Waals surface area (Å²) in [5, 5.41) is 5.55. The first-order valence-electron chi connectivity index (χ1n) is 17.5. The van der Waals surface area contributed by atoms with Crippen molar-refractivity contribution in [3.63, 3.8) is 0 Å². The molecule has 4 heterocycles. The van der Waals surface area contributed by atoms with Crippen LogP contribution in [0.25, 0.3) is 99.8 Å². The molecule has 52 heavy (non-hydrogen) atoms. The lowest BCUT2D eigenvalue weighted by molar-refractivity contribution is 0.993. The van der Waals surface area contributed by atoms with Gasteiger partial charge in [0.15, 0.2) is 5.65 Å². The number of nitrogens with zero attached hydrogens (tertiary/aromatic N) is 5. The molecule has 0 unspecified atom stereocenters. The molecule has 0 spiro atoms. The summed E-state index contributed by atoms with van der Waals surface area (Å²) in [6.45, 7) is 0. The van der Waals surface area contributed by atoms with Crippen LogP contribution in [0.3, 0.4) is 0 Å². The van der Waals surface area contributed by atoms with Crippen LogP contribution in [0.4, 0.5) is 0 Å². The fourth-order valence-electron chi connectivity index (χ4n) is 7.89. The summed E-state index contributed by atoms with van der Waals surface area (Å²) in [6, 6.07) is 61.9. The molecule has 0 amide bonds. The molecule has 0 saturated carbocycles. The highest BCUT2D eigenvalue weighted by Crippen LogP contribution is 2.38. The minimum atomic E-state index is 0.611. The molecule has 0 aliphatic rings. The van der Waals surface area contributed by atoms with E-state index in [1.807, 2.05) is 12.1 Å². The minimum Gasteiger partial charge on any atom is -0.277 e. The highest BCUT2D eigenvalue weighted by atomic mass is 15.2. The normalized spacial score (nSPS) is 11.8. The molecule has 0 radical (unpaired) electrons. The number of benzene rings is 7. The van der Waals surface area contributed by atoms with Crippen molar-refractivity contribution in [2.24, 2.45) is 0 Å². The zero-order valence-corrected chi connectivity index (χ0v) is 28.0. The van der Waals surface area contributed by atoms with E-state index < -0.39 is 0 Å². The standard InChI is InChI=1S/C47H29N5/c1-2-12-30(13-3-1)31-22-24-32(25-23-31)33-26-28-34(29-27-33)43-38-17-6-9-19-40(38)48-47(50-43)52-42-21-11-8-18-39(42)44-46(52)51-41-20-10-7-15-36(41)35-14-4-5-16-37(35)45(51)49-44/h1-29H. The molecule has 0 aliphatic heterocycles. The van der Waals surface area contributed by atoms with Crippen molar-refractivity contribution >= 4 is 60.3 Å². The van der Waals surface area contributed by atoms with E-state index >= 15 is 0 Å². The molecule has 11 aromatic rings. The van der Waals surface area contributed by atoms with Gasteiger partial charge in [-0.05, 0) is 45.8 Å². The minimum absolute atomic E-state index is 0.611. The van der Waals surface area contributed by atoms with Crippen molar-refractivity contribution in [2.45, 2.75) is 0 Å². The van der Waals surface area contributed by atoms with Gasteiger partial charge < -0.3 is 0 Å². The molecule has 7 aromatic carbocycles. The fourth-order valence-corrected chi connectivity index (χ4v) is 7.89. The summed E-state index contributed by atoms with van der Waals surface area (Å²) in [5.74, 6) is 0.611. The maximum Gasteiger partial charge on any atom is 0.237 e. The Morgan fingerprint density at radius 2 is 0.865 bits per heavy atom. The third-order valence-electron chi connectivity index (χ3n) is 10.3. The van der Waals surface area contributed by atoms with Gasteiger partial charge in [0.05, 0.1) is 22.2 Å². The smallest absolute Gasteiger partial charge is 0.237 e. The van der Waals surface area contributed by atoms with Crippen molar-refractivity contribution in [1.29, 1.82) is 0 Å². The number of aromatic nitrogens is 5. The Hall–Kier alpha value is -7.11. The van der Waals surface area contributed by atoms with Crippen LogP contribution in [-0.2, 0) is 0 Å². The van der Waals surface area contributed by atoms with E-state index in [0.717, 1.165) is 66.3 Å². The average Bonchev–Trinajstić information content (AvgIpc) is 3.77. The van der Waals surface area contributed by atoms with Crippen molar-refractivity contribution in [3.8, 4) is 39.5 Å². The molecule has 0 bridgehead atoms. The molecule has 4 aromatic heterocycles. The molecular formula is C47H29N5. The van der Waals surface area contributed by atoms with Crippen molar-refractivity contribution in [2.75, 3.05) is 0 Å². The van der Waals surface area contributed by atoms with E-state index in [1.165, 1.54) is 27.5 Å². The van der Waals surface area contributed by atoms with Crippen LogP contribution in [0.1, 0.15) is 0 Å². The van der Waals surface area contributed by atoms with Gasteiger partial charge in [-0.1, -0.05) is 158 Å². The molecule has 0 aliphatic carbocycles. The Labute approximate surface area is 298 Å². The Balaban J connectivity index is 1.13. The summed E-state index contributed by atoms with van der Waals surface area (Å²) < 4.78 is 4.49. The molecule has 0 saturated heterocycles. The zero-order chi connectivity index (χ0) is 34.2. The summed E-state index contributed by atoms with van der Waals surface area (Å²) >= 11 is 0. The Bertz CT molecular complexity index is 3160. The number of rotatable bonds is 4. The second kappa shape index (κ2) is 11.2. The number of pyridine rings is 1. The number of hydrogen-bond donors (Lipinski definition) is 0. The molecular weight excluding hydrogens is 635 g/mol. The molecule has 0 atom stereocenters. The van der Waals surface area contributed by atoms with E-state index in [2.05, 4.69) is 173 Å². The van der Waals surface area contributed by atoms with Crippen molar-refractivity contribution < 1.29 is 0 Å². The SMILES string of the molecule is c1ccc(-c2ccc(-c3ccc(-c4nc(-n5c6ccccc6c6nc7c8ccccc8c8ccccc8n7c65)nc5ccccc45)cc3)cc2)cc1. The fraction of sp³-hybridized carbons (Fsp3) is 0. The highest BCUT2D eigenvalue weighted by Gasteiger charge is 2.23. The number of imidazole rings is 1. The lowest BCUT2D eigenvalue weighted by atomic mass is 9.98. The largest absolute Gasteiger partial charge is 0.277 e. The number of fused-ring (bicyclic) bond motifs is 11. The van der Waals surface area contributed by atoms with E-state index in [1.54, 1.807) is 0 Å². The van der Waals surface area contributed by atoms with Crippen LogP contribution in [0.5, 0.6) is 0 Å². The van der Waals surface area contributed by atoms with E-state index in [0.29, 0.717) is 5.95 Å². The van der Waals surface area contributed by atoms with Crippen LogP contribution in [0.15, 0.2) is 176 Å². The first-order chi connectivity index (χ1) is 25.8. The van der Waals surface area contributed by atoms with Gasteiger partial charge in [0.25, 0.3) is 0 Å². The summed E-state index contributed by atoms with van der Waals surface area (Å²) in [5.41, 5.74) is 12.5. The molecule has 11 rings (SSSR count). The second-order valence-corrected chi connectivity index (χ2v) is 13.3. The monoisotopic (exact) mass is 663 g/mol. The summed E-state index contributed by atoms with van der Waals surface area (Å²) in [7, 11) is 0. The molecule has 5 nitrogen and oxygen atoms in total. The van der Waals surface area contributed by atoms with Gasteiger partial charge in [0.1, 0.15) is 11.2 Å². The maximum absolute atomic E-state index is 5.40. The zero-order valence-electron chi connectivity index (χ0n) is 28.0. The van der Waals surface area contributed by atoms with Crippen LogP contribution in [0, 0.1) is 0 Å². The molecule has 0 N–H and O–H groups in total. The first-order valence-corrected chi connectivity index (χ1v) is 17.5. The van der Waals surface area contributed by atoms with E-state index in [9.17, 15) is 0 Å². The van der Waals surface area contributed by atoms with Crippen molar-refractivity contribution in [3.05, 3.63) is 176 Å². The topological polar surface area (TPSA) is 48.0 Å². The highest BCUT2D eigenvalue weighted by molar-refractivity contribution is 6.16. The third-order valence-corrected chi connectivity index (χ3v) is 10.3. The summed E-state index contributed by atoms with van der Waals surface area (Å²) in [4.78, 5) is 16.0. The third kappa shape index (κ3) is 4.26. The summed E-state index contributed by atoms with van der Waals surface area (Å²) in [6.07, 6.45) is 0. The quantitative estimate of drug-likeness (QED) is 0.176. The van der Waals surface area contributed by atoms with Gasteiger partial charge in [-0.15, -0.1) is 0 Å². The Morgan fingerprint density at radius 3 is 1.58 bits per heavy atom. The number of hydrogen-bond acceptors (Lipinski definition) is 3. The van der Waals surface area contributed by atoms with Crippen LogP contribution in [-0.4, -0.2) is 23.9 Å².